The van der Waals surface area contributed by atoms with Crippen LogP contribution in [0.25, 0.3) is 0 Å². The van der Waals surface area contributed by atoms with E-state index in [1.165, 1.54) is 25.7 Å². The molecule has 2 N–H and O–H groups in total. The van der Waals surface area contributed by atoms with Crippen LogP contribution in [0.5, 0.6) is 5.75 Å². The molecule has 1 aromatic carbocycles. The van der Waals surface area contributed by atoms with Crippen LogP contribution in [0.3, 0.4) is 0 Å². The van der Waals surface area contributed by atoms with Crippen LogP contribution in [0, 0.1) is 13.8 Å². The van der Waals surface area contributed by atoms with Gasteiger partial charge in [-0.2, -0.15) is 0 Å². The largest absolute Gasteiger partial charge is 0.507 e. The van der Waals surface area contributed by atoms with Crippen LogP contribution >= 0.6 is 0 Å². The summed E-state index contributed by atoms with van der Waals surface area (Å²) in [4.78, 5) is 11.2. The monoisotopic (exact) mass is 278 g/mol. The Kier molecular flexibility index (Phi) is 6.56. The van der Waals surface area contributed by atoms with Crippen LogP contribution in [0.1, 0.15) is 72.5 Å². The van der Waals surface area contributed by atoms with Gasteiger partial charge < -0.3 is 10.2 Å². The van der Waals surface area contributed by atoms with Crippen molar-refractivity contribution >= 4 is 5.97 Å². The number of phenolic OH excluding ortho intramolecular Hbond substituents is 1. The Morgan fingerprint density at radius 3 is 2.25 bits per heavy atom. The predicted molar refractivity (Wildman–Crippen MR) is 81.6 cm³/mol. The molecule has 0 heterocycles. The summed E-state index contributed by atoms with van der Waals surface area (Å²) in [5, 5.41) is 19.3. The number of carboxylic acid groups (broad SMARTS) is 1. The number of carboxylic acids is 1. The van der Waals surface area contributed by atoms with Gasteiger partial charge in [-0.05, 0) is 49.4 Å². The summed E-state index contributed by atoms with van der Waals surface area (Å²) >= 11 is 0. The summed E-state index contributed by atoms with van der Waals surface area (Å²) in [6.07, 6.45) is 7.87. The van der Waals surface area contributed by atoms with Gasteiger partial charge in [0.2, 0.25) is 0 Å². The third-order valence-corrected chi connectivity index (χ3v) is 3.97. The molecule has 3 heteroatoms. The van der Waals surface area contributed by atoms with E-state index in [0.717, 1.165) is 24.8 Å². The van der Waals surface area contributed by atoms with Gasteiger partial charge in [0.25, 0.3) is 0 Å². The molecular formula is C17H26O3. The van der Waals surface area contributed by atoms with Gasteiger partial charge in [-0.25, -0.2) is 4.79 Å². The molecule has 0 aliphatic heterocycles. The number of hydrogen-bond acceptors (Lipinski definition) is 2. The lowest BCUT2D eigenvalue weighted by Gasteiger charge is -2.12. The van der Waals surface area contributed by atoms with Crippen molar-refractivity contribution in [3.63, 3.8) is 0 Å². The Bertz CT molecular complexity index is 464. The number of aryl methyl sites for hydroxylation is 1. The highest BCUT2D eigenvalue weighted by Crippen LogP contribution is 2.29. The van der Waals surface area contributed by atoms with Gasteiger partial charge in [-0.3, -0.25) is 0 Å². The van der Waals surface area contributed by atoms with Gasteiger partial charge in [-0.15, -0.1) is 0 Å². The fourth-order valence-corrected chi connectivity index (χ4v) is 2.48. The van der Waals surface area contributed by atoms with Crippen molar-refractivity contribution in [1.29, 1.82) is 0 Å². The van der Waals surface area contributed by atoms with Crippen molar-refractivity contribution in [3.8, 4) is 5.75 Å². The minimum Gasteiger partial charge on any atom is -0.507 e. The maximum atomic E-state index is 11.2. The van der Waals surface area contributed by atoms with E-state index in [9.17, 15) is 15.0 Å². The summed E-state index contributed by atoms with van der Waals surface area (Å²) in [6.45, 7) is 5.72. The van der Waals surface area contributed by atoms with Crippen molar-refractivity contribution in [2.75, 3.05) is 0 Å². The van der Waals surface area contributed by atoms with Crippen LogP contribution in [0.15, 0.2) is 6.07 Å². The lowest BCUT2D eigenvalue weighted by atomic mass is 9.95. The van der Waals surface area contributed by atoms with E-state index in [-0.39, 0.29) is 5.75 Å². The standard InChI is InChI=1S/C17H26O3/c1-4-5-6-7-8-9-10-14-11-15(17(19)20)12(2)13(3)16(14)18/h11,18H,4-10H2,1-3H3,(H,19,20). The van der Waals surface area contributed by atoms with Gasteiger partial charge >= 0.3 is 5.97 Å². The third-order valence-electron chi connectivity index (χ3n) is 3.97. The molecule has 1 aromatic rings. The molecule has 0 radical (unpaired) electrons. The van der Waals surface area contributed by atoms with E-state index < -0.39 is 5.97 Å². The highest BCUT2D eigenvalue weighted by atomic mass is 16.4. The number of unbranched alkanes of at least 4 members (excludes halogenated alkanes) is 5. The predicted octanol–water partition coefficient (Wildman–Crippen LogP) is 4.61. The maximum Gasteiger partial charge on any atom is 0.335 e. The molecular weight excluding hydrogens is 252 g/mol. The molecule has 1 rings (SSSR count). The summed E-state index contributed by atoms with van der Waals surface area (Å²) in [7, 11) is 0. The van der Waals surface area contributed by atoms with E-state index >= 15 is 0 Å². The number of aromatic carboxylic acids is 1. The maximum absolute atomic E-state index is 11.2. The zero-order valence-electron chi connectivity index (χ0n) is 12.8. The first-order chi connectivity index (χ1) is 9.49. The SMILES string of the molecule is CCCCCCCCc1cc(C(=O)O)c(C)c(C)c1O. The molecule has 0 bridgehead atoms. The molecule has 0 unspecified atom stereocenters. The van der Waals surface area contributed by atoms with Crippen LogP contribution in [-0.2, 0) is 6.42 Å². The lowest BCUT2D eigenvalue weighted by Crippen LogP contribution is -2.04. The summed E-state index contributed by atoms with van der Waals surface area (Å²) in [5.74, 6) is -0.657. The fraction of sp³-hybridized carbons (Fsp3) is 0.588. The average Bonchev–Trinajstić information content (AvgIpc) is 2.42. The molecule has 0 amide bonds. The van der Waals surface area contributed by atoms with Crippen LogP contribution in [0.2, 0.25) is 0 Å². The Labute approximate surface area is 121 Å². The highest BCUT2D eigenvalue weighted by molar-refractivity contribution is 5.90. The van der Waals surface area contributed by atoms with Crippen LogP contribution in [0.4, 0.5) is 0 Å². The minimum absolute atomic E-state index is 0.265. The normalized spacial score (nSPS) is 10.8. The number of phenols is 1. The van der Waals surface area contributed by atoms with E-state index in [1.807, 2.05) is 0 Å². The molecule has 0 saturated heterocycles. The zero-order valence-corrected chi connectivity index (χ0v) is 12.8. The smallest absolute Gasteiger partial charge is 0.335 e. The van der Waals surface area contributed by atoms with Crippen molar-refractivity contribution in [2.24, 2.45) is 0 Å². The third kappa shape index (κ3) is 4.26. The first kappa shape index (κ1) is 16.5. The number of aromatic hydroxyl groups is 1. The molecule has 0 aliphatic carbocycles. The van der Waals surface area contributed by atoms with Gasteiger partial charge in [-0.1, -0.05) is 39.0 Å². The molecule has 0 atom stereocenters. The second-order valence-corrected chi connectivity index (χ2v) is 5.50. The van der Waals surface area contributed by atoms with Crippen molar-refractivity contribution in [3.05, 3.63) is 28.3 Å². The summed E-state index contributed by atoms with van der Waals surface area (Å²) in [6, 6.07) is 1.63. The molecule has 0 aromatic heterocycles. The minimum atomic E-state index is -0.921. The first-order valence-corrected chi connectivity index (χ1v) is 7.54. The summed E-state index contributed by atoms with van der Waals surface area (Å²) in [5.41, 5.74) is 2.41. The van der Waals surface area contributed by atoms with Gasteiger partial charge in [0.05, 0.1) is 5.56 Å². The first-order valence-electron chi connectivity index (χ1n) is 7.54. The molecule has 20 heavy (non-hydrogen) atoms. The van der Waals surface area contributed by atoms with E-state index in [2.05, 4.69) is 6.92 Å². The molecule has 112 valence electrons. The zero-order chi connectivity index (χ0) is 15.1. The average molecular weight is 278 g/mol. The second-order valence-electron chi connectivity index (χ2n) is 5.50. The Hall–Kier alpha value is -1.51. The number of benzene rings is 1. The molecule has 0 spiro atoms. The fourth-order valence-electron chi connectivity index (χ4n) is 2.48. The molecule has 0 saturated carbocycles. The van der Waals surface area contributed by atoms with Crippen LogP contribution in [-0.4, -0.2) is 16.2 Å². The van der Waals surface area contributed by atoms with E-state index in [4.69, 9.17) is 0 Å². The van der Waals surface area contributed by atoms with E-state index in [0.29, 0.717) is 16.7 Å². The number of rotatable bonds is 8. The quantitative estimate of drug-likeness (QED) is 0.683. The Morgan fingerprint density at radius 2 is 1.65 bits per heavy atom. The topological polar surface area (TPSA) is 57.5 Å². The number of carbonyl (C=O) groups is 1. The lowest BCUT2D eigenvalue weighted by molar-refractivity contribution is 0.0696. The summed E-state index contributed by atoms with van der Waals surface area (Å²) < 4.78 is 0. The van der Waals surface area contributed by atoms with Crippen molar-refractivity contribution in [2.45, 2.75) is 65.7 Å². The Balaban J connectivity index is 2.68. The van der Waals surface area contributed by atoms with Gasteiger partial charge in [0.15, 0.2) is 0 Å². The second kappa shape index (κ2) is 7.93. The molecule has 0 fully saturated rings. The highest BCUT2D eigenvalue weighted by Gasteiger charge is 2.15. The molecule has 0 aliphatic rings. The van der Waals surface area contributed by atoms with Gasteiger partial charge in [0, 0.05) is 0 Å². The van der Waals surface area contributed by atoms with Gasteiger partial charge in [0.1, 0.15) is 5.75 Å². The van der Waals surface area contributed by atoms with Crippen molar-refractivity contribution < 1.29 is 15.0 Å². The Morgan fingerprint density at radius 1 is 1.05 bits per heavy atom. The number of hydrogen-bond donors (Lipinski definition) is 2. The van der Waals surface area contributed by atoms with E-state index in [1.54, 1.807) is 19.9 Å². The van der Waals surface area contributed by atoms with Crippen molar-refractivity contribution in [1.82, 2.24) is 0 Å². The van der Waals surface area contributed by atoms with Crippen LogP contribution < -0.4 is 0 Å². The molecule has 3 nitrogen and oxygen atoms in total.